The summed E-state index contributed by atoms with van der Waals surface area (Å²) >= 11 is 4.57. The normalized spacial score (nSPS) is 10.8. The summed E-state index contributed by atoms with van der Waals surface area (Å²) in [5.74, 6) is -0.185. The molecule has 0 saturated carbocycles. The van der Waals surface area contributed by atoms with Gasteiger partial charge in [-0.1, -0.05) is 75.6 Å². The van der Waals surface area contributed by atoms with Gasteiger partial charge in [0.15, 0.2) is 0 Å². The smallest absolute Gasteiger partial charge is 0.306 e. The molecule has 0 aliphatic carbocycles. The fraction of sp³-hybridized carbons (Fsp3) is 0.533. The lowest BCUT2D eigenvalue weighted by atomic mass is 10.1. The first-order chi connectivity index (χ1) is 17.5. The summed E-state index contributed by atoms with van der Waals surface area (Å²) in [5, 5.41) is 0. The van der Waals surface area contributed by atoms with E-state index in [1.54, 1.807) is 0 Å². The number of hydrogen-bond donors (Lipinski definition) is 0. The molecule has 0 unspecified atom stereocenters. The largest absolute Gasteiger partial charge is 0.466 e. The van der Waals surface area contributed by atoms with Gasteiger partial charge in [-0.25, -0.2) is 0 Å². The molecule has 0 aliphatic heterocycles. The third-order valence-electron chi connectivity index (χ3n) is 6.13. The Balaban J connectivity index is 1.29. The van der Waals surface area contributed by atoms with Crippen LogP contribution in [0, 0.1) is 7.14 Å². The van der Waals surface area contributed by atoms with Gasteiger partial charge in [0.1, 0.15) is 0 Å². The number of carbonyl (C=O) groups excluding carboxylic acids is 2. The van der Waals surface area contributed by atoms with Crippen molar-refractivity contribution >= 4 is 57.1 Å². The van der Waals surface area contributed by atoms with Crippen molar-refractivity contribution in [3.8, 4) is 0 Å². The third kappa shape index (κ3) is 15.8. The standard InChI is InChI=1S/C30H40I2O4/c31-27-17-11-25(12-18-27)15-21-29(33)35-23-9-7-5-3-1-2-4-6-8-10-24-36-30(34)22-16-26-13-19-28(32)20-14-26/h11-14,17-20H,1-10,15-16,21-24H2. The van der Waals surface area contributed by atoms with Gasteiger partial charge in [0, 0.05) is 20.0 Å². The van der Waals surface area contributed by atoms with Crippen molar-refractivity contribution in [1.82, 2.24) is 0 Å². The van der Waals surface area contributed by atoms with E-state index in [9.17, 15) is 9.59 Å². The van der Waals surface area contributed by atoms with Crippen molar-refractivity contribution in [2.75, 3.05) is 13.2 Å². The van der Waals surface area contributed by atoms with Gasteiger partial charge in [-0.3, -0.25) is 9.59 Å². The predicted molar refractivity (Wildman–Crippen MR) is 163 cm³/mol. The van der Waals surface area contributed by atoms with E-state index >= 15 is 0 Å². The summed E-state index contributed by atoms with van der Waals surface area (Å²) in [7, 11) is 0. The molecule has 0 bridgehead atoms. The molecule has 2 aromatic carbocycles. The van der Waals surface area contributed by atoms with E-state index < -0.39 is 0 Å². The van der Waals surface area contributed by atoms with Crippen molar-refractivity contribution in [3.05, 3.63) is 66.8 Å². The van der Waals surface area contributed by atoms with Gasteiger partial charge < -0.3 is 9.47 Å². The summed E-state index contributed by atoms with van der Waals surface area (Å²) in [6.45, 7) is 1.09. The number of carbonyl (C=O) groups is 2. The van der Waals surface area contributed by atoms with Gasteiger partial charge in [0.25, 0.3) is 0 Å². The lowest BCUT2D eigenvalue weighted by Crippen LogP contribution is -2.07. The molecule has 4 nitrogen and oxygen atoms in total. The average molecular weight is 718 g/mol. The molecule has 2 aromatic rings. The molecule has 36 heavy (non-hydrogen) atoms. The first-order valence-corrected chi connectivity index (χ1v) is 15.5. The highest BCUT2D eigenvalue weighted by Gasteiger charge is 2.05. The zero-order chi connectivity index (χ0) is 25.8. The van der Waals surface area contributed by atoms with E-state index in [2.05, 4.69) is 93.7 Å². The minimum Gasteiger partial charge on any atom is -0.466 e. The lowest BCUT2D eigenvalue weighted by Gasteiger charge is -2.06. The van der Waals surface area contributed by atoms with Crippen LogP contribution in [0.15, 0.2) is 48.5 Å². The van der Waals surface area contributed by atoms with Crippen molar-refractivity contribution in [3.63, 3.8) is 0 Å². The maximum atomic E-state index is 11.9. The number of aryl methyl sites for hydroxylation is 2. The summed E-state index contributed by atoms with van der Waals surface area (Å²) in [6, 6.07) is 16.5. The van der Waals surface area contributed by atoms with Crippen LogP contribution in [0.2, 0.25) is 0 Å². The Hall–Kier alpha value is -1.16. The predicted octanol–water partition coefficient (Wildman–Crippen LogP) is 8.45. The molecule has 6 heteroatoms. The van der Waals surface area contributed by atoms with E-state index in [0.29, 0.717) is 26.1 Å². The highest BCUT2D eigenvalue weighted by molar-refractivity contribution is 14.1. The third-order valence-corrected chi connectivity index (χ3v) is 7.57. The van der Waals surface area contributed by atoms with Crippen molar-refractivity contribution in [1.29, 1.82) is 0 Å². The Labute approximate surface area is 244 Å². The van der Waals surface area contributed by atoms with E-state index in [4.69, 9.17) is 9.47 Å². The summed E-state index contributed by atoms with van der Waals surface area (Å²) in [4.78, 5) is 23.7. The molecule has 0 fully saturated rings. The molecule has 0 N–H and O–H groups in total. The fourth-order valence-corrected chi connectivity index (χ4v) is 4.65. The van der Waals surface area contributed by atoms with Crippen molar-refractivity contribution < 1.29 is 19.1 Å². The quantitative estimate of drug-likeness (QED) is 0.0832. The fourth-order valence-electron chi connectivity index (χ4n) is 3.93. The zero-order valence-electron chi connectivity index (χ0n) is 21.3. The molecule has 0 aliphatic rings. The van der Waals surface area contributed by atoms with Crippen LogP contribution in [0.4, 0.5) is 0 Å². The van der Waals surface area contributed by atoms with Crippen LogP contribution in [0.3, 0.4) is 0 Å². The molecule has 2 rings (SSSR count). The van der Waals surface area contributed by atoms with Crippen LogP contribution >= 0.6 is 45.2 Å². The van der Waals surface area contributed by atoms with E-state index in [1.807, 2.05) is 0 Å². The van der Waals surface area contributed by atoms with Crippen LogP contribution in [0.25, 0.3) is 0 Å². The minimum absolute atomic E-state index is 0.0923. The number of hydrogen-bond acceptors (Lipinski definition) is 4. The van der Waals surface area contributed by atoms with Crippen LogP contribution < -0.4 is 0 Å². The molecule has 0 spiro atoms. The van der Waals surface area contributed by atoms with Gasteiger partial charge in [0.2, 0.25) is 0 Å². The van der Waals surface area contributed by atoms with Crippen LogP contribution in [-0.4, -0.2) is 25.2 Å². The van der Waals surface area contributed by atoms with Crippen molar-refractivity contribution in [2.24, 2.45) is 0 Å². The van der Waals surface area contributed by atoms with Gasteiger partial charge in [-0.2, -0.15) is 0 Å². The molecule has 0 saturated heterocycles. The molecule has 198 valence electrons. The number of rotatable bonds is 19. The topological polar surface area (TPSA) is 52.6 Å². The number of benzene rings is 2. The molecular formula is C30H40I2O4. The maximum Gasteiger partial charge on any atom is 0.306 e. The Morgan fingerprint density at radius 2 is 0.806 bits per heavy atom. The average Bonchev–Trinajstić information content (AvgIpc) is 2.88. The SMILES string of the molecule is O=C(CCc1ccc(I)cc1)OCCCCCCCCCCCCOC(=O)CCc1ccc(I)cc1. The number of esters is 2. The molecule has 0 heterocycles. The van der Waals surface area contributed by atoms with E-state index in [-0.39, 0.29) is 11.9 Å². The second kappa shape index (κ2) is 19.9. The van der Waals surface area contributed by atoms with E-state index in [0.717, 1.165) is 38.5 Å². The van der Waals surface area contributed by atoms with Crippen LogP contribution in [0.1, 0.15) is 88.2 Å². The molecular weight excluding hydrogens is 678 g/mol. The Morgan fingerprint density at radius 3 is 1.14 bits per heavy atom. The molecule has 0 radical (unpaired) electrons. The summed E-state index contributed by atoms with van der Waals surface area (Å²) in [5.41, 5.74) is 2.36. The minimum atomic E-state index is -0.0923. The van der Waals surface area contributed by atoms with Gasteiger partial charge >= 0.3 is 11.9 Å². The summed E-state index contributed by atoms with van der Waals surface area (Å²) in [6.07, 6.45) is 14.0. The van der Waals surface area contributed by atoms with Gasteiger partial charge in [-0.15, -0.1) is 0 Å². The number of ether oxygens (including phenoxy) is 2. The number of halogens is 2. The van der Waals surface area contributed by atoms with Crippen LogP contribution in [0.5, 0.6) is 0 Å². The Morgan fingerprint density at radius 1 is 0.500 bits per heavy atom. The second-order valence-corrected chi connectivity index (χ2v) is 11.7. The van der Waals surface area contributed by atoms with E-state index in [1.165, 1.54) is 56.8 Å². The molecule has 0 aromatic heterocycles. The maximum absolute atomic E-state index is 11.9. The highest BCUT2D eigenvalue weighted by atomic mass is 127. The zero-order valence-corrected chi connectivity index (χ0v) is 25.6. The van der Waals surface area contributed by atoms with Gasteiger partial charge in [0.05, 0.1) is 13.2 Å². The highest BCUT2D eigenvalue weighted by Crippen LogP contribution is 2.13. The summed E-state index contributed by atoms with van der Waals surface area (Å²) < 4.78 is 13.1. The molecule has 0 atom stereocenters. The van der Waals surface area contributed by atoms with Crippen molar-refractivity contribution in [2.45, 2.75) is 89.9 Å². The second-order valence-electron chi connectivity index (χ2n) is 9.23. The Kier molecular flexibility index (Phi) is 17.2. The van der Waals surface area contributed by atoms with Crippen LogP contribution in [-0.2, 0) is 31.9 Å². The monoisotopic (exact) mass is 718 g/mol. The first-order valence-electron chi connectivity index (χ1n) is 13.3. The first kappa shape index (κ1) is 31.1. The van der Waals surface area contributed by atoms with Gasteiger partial charge in [-0.05, 0) is 106 Å². The number of unbranched alkanes of at least 4 members (excludes halogenated alkanes) is 9. The Bertz CT molecular complexity index is 792. The lowest BCUT2D eigenvalue weighted by molar-refractivity contribution is -0.144. The molecule has 0 amide bonds.